The number of esters is 2. The van der Waals surface area contributed by atoms with Crippen LogP contribution < -0.4 is 5.32 Å². The van der Waals surface area contributed by atoms with Gasteiger partial charge in [0, 0.05) is 13.1 Å². The molecule has 5 heteroatoms. The Kier molecular flexibility index (Phi) is 21.3. The molecule has 0 saturated heterocycles. The van der Waals surface area contributed by atoms with Gasteiger partial charge in [0.05, 0.1) is 26.1 Å². The van der Waals surface area contributed by atoms with Crippen molar-refractivity contribution in [3.63, 3.8) is 0 Å². The van der Waals surface area contributed by atoms with E-state index in [1.807, 2.05) is 0 Å². The number of carbonyl (C=O) groups excluding carboxylic acids is 2. The summed E-state index contributed by atoms with van der Waals surface area (Å²) >= 11 is 0. The molecule has 0 saturated carbocycles. The third kappa shape index (κ3) is 25.0. The van der Waals surface area contributed by atoms with Crippen molar-refractivity contribution in [3.05, 3.63) is 0 Å². The van der Waals surface area contributed by atoms with E-state index in [2.05, 4.69) is 33.0 Å². The molecule has 184 valence electrons. The third-order valence-electron chi connectivity index (χ3n) is 5.39. The van der Waals surface area contributed by atoms with E-state index in [9.17, 15) is 9.59 Å². The molecule has 0 fully saturated rings. The number of nitrogens with one attached hydrogen (secondary N) is 1. The third-order valence-corrected chi connectivity index (χ3v) is 5.39. The van der Waals surface area contributed by atoms with E-state index < -0.39 is 0 Å². The molecule has 0 aliphatic carbocycles. The van der Waals surface area contributed by atoms with Crippen molar-refractivity contribution in [1.82, 2.24) is 5.32 Å². The molecular weight excluding hydrogens is 390 g/mol. The van der Waals surface area contributed by atoms with E-state index in [0.717, 1.165) is 37.5 Å². The van der Waals surface area contributed by atoms with Crippen LogP contribution in [0.4, 0.5) is 0 Å². The molecule has 0 heterocycles. The van der Waals surface area contributed by atoms with Crippen LogP contribution in [-0.4, -0.2) is 38.2 Å². The van der Waals surface area contributed by atoms with Gasteiger partial charge < -0.3 is 14.8 Å². The van der Waals surface area contributed by atoms with Crippen LogP contribution in [0.1, 0.15) is 118 Å². The fraction of sp³-hybridized carbons (Fsp3) is 0.923. The lowest BCUT2D eigenvalue weighted by Gasteiger charge is -2.07. The van der Waals surface area contributed by atoms with Crippen LogP contribution in [0.5, 0.6) is 0 Å². The Morgan fingerprint density at radius 1 is 0.581 bits per heavy atom. The smallest absolute Gasteiger partial charge is 0.307 e. The van der Waals surface area contributed by atoms with Gasteiger partial charge in [0.15, 0.2) is 0 Å². The normalized spacial score (nSPS) is 11.3. The highest BCUT2D eigenvalue weighted by Crippen LogP contribution is 2.11. The molecule has 31 heavy (non-hydrogen) atoms. The number of hydrogen-bond acceptors (Lipinski definition) is 5. The first kappa shape index (κ1) is 29.9. The maximum atomic E-state index is 11.7. The highest BCUT2D eigenvalue weighted by molar-refractivity contribution is 5.70. The quantitative estimate of drug-likeness (QED) is 0.155. The summed E-state index contributed by atoms with van der Waals surface area (Å²) in [5, 5.41) is 3.11. The molecule has 0 aromatic carbocycles. The van der Waals surface area contributed by atoms with Crippen molar-refractivity contribution < 1.29 is 19.1 Å². The number of ether oxygens (including phenoxy) is 2. The summed E-state index contributed by atoms with van der Waals surface area (Å²) < 4.78 is 10.5. The summed E-state index contributed by atoms with van der Waals surface area (Å²) in [6.07, 6.45) is 15.1. The maximum absolute atomic E-state index is 11.7. The SMILES string of the molecule is CC(C)CCCCCCCOC(=O)CCNCCC(=O)OCCCCCCCC(C)C. The van der Waals surface area contributed by atoms with Crippen molar-refractivity contribution in [3.8, 4) is 0 Å². The Labute approximate surface area is 192 Å². The summed E-state index contributed by atoms with van der Waals surface area (Å²) in [7, 11) is 0. The van der Waals surface area contributed by atoms with E-state index in [1.165, 1.54) is 51.4 Å². The van der Waals surface area contributed by atoms with Gasteiger partial charge in [-0.2, -0.15) is 0 Å². The molecule has 0 amide bonds. The summed E-state index contributed by atoms with van der Waals surface area (Å²) in [4.78, 5) is 23.4. The van der Waals surface area contributed by atoms with Gasteiger partial charge in [-0.1, -0.05) is 91.9 Å². The van der Waals surface area contributed by atoms with Gasteiger partial charge in [-0.25, -0.2) is 0 Å². The van der Waals surface area contributed by atoms with E-state index >= 15 is 0 Å². The van der Waals surface area contributed by atoms with Gasteiger partial charge in [-0.3, -0.25) is 9.59 Å². The van der Waals surface area contributed by atoms with Gasteiger partial charge in [0.25, 0.3) is 0 Å². The molecule has 0 radical (unpaired) electrons. The first-order valence-electron chi connectivity index (χ1n) is 12.9. The molecule has 0 bridgehead atoms. The summed E-state index contributed by atoms with van der Waals surface area (Å²) in [6, 6.07) is 0. The molecule has 0 aliphatic heterocycles. The van der Waals surface area contributed by atoms with Crippen LogP contribution >= 0.6 is 0 Å². The second-order valence-electron chi connectivity index (χ2n) is 9.59. The van der Waals surface area contributed by atoms with E-state index in [1.54, 1.807) is 0 Å². The first-order valence-corrected chi connectivity index (χ1v) is 12.9. The Hall–Kier alpha value is -1.10. The molecule has 0 aliphatic rings. The van der Waals surface area contributed by atoms with Gasteiger partial charge in [0.1, 0.15) is 0 Å². The largest absolute Gasteiger partial charge is 0.466 e. The zero-order valence-electron chi connectivity index (χ0n) is 21.0. The Bertz CT molecular complexity index is 386. The summed E-state index contributed by atoms with van der Waals surface area (Å²) in [6.45, 7) is 11.2. The van der Waals surface area contributed by atoms with Crippen LogP contribution in [0.25, 0.3) is 0 Å². The van der Waals surface area contributed by atoms with E-state index in [-0.39, 0.29) is 11.9 Å². The molecular formula is C26H51NO4. The zero-order chi connectivity index (χ0) is 23.2. The molecule has 1 N–H and O–H groups in total. The number of unbranched alkanes of at least 4 members (excludes halogenated alkanes) is 8. The second-order valence-corrected chi connectivity index (χ2v) is 9.59. The topological polar surface area (TPSA) is 64.6 Å². The Balaban J connectivity index is 3.32. The maximum Gasteiger partial charge on any atom is 0.307 e. The van der Waals surface area contributed by atoms with Crippen LogP contribution in [-0.2, 0) is 19.1 Å². The van der Waals surface area contributed by atoms with E-state index in [4.69, 9.17) is 9.47 Å². The first-order chi connectivity index (χ1) is 14.9. The van der Waals surface area contributed by atoms with Gasteiger partial charge in [-0.15, -0.1) is 0 Å². The van der Waals surface area contributed by atoms with Crippen molar-refractivity contribution >= 4 is 11.9 Å². The van der Waals surface area contributed by atoms with Crippen LogP contribution in [0.3, 0.4) is 0 Å². The van der Waals surface area contributed by atoms with Gasteiger partial charge >= 0.3 is 11.9 Å². The lowest BCUT2D eigenvalue weighted by Crippen LogP contribution is -2.23. The van der Waals surface area contributed by atoms with Crippen molar-refractivity contribution in [1.29, 1.82) is 0 Å². The second kappa shape index (κ2) is 22.1. The standard InChI is InChI=1S/C26H51NO4/c1-23(2)15-11-7-5-9-13-21-30-25(28)17-19-27-20-18-26(29)31-22-14-10-6-8-12-16-24(3)4/h23-24,27H,5-22H2,1-4H3. The summed E-state index contributed by atoms with van der Waals surface area (Å²) in [5.74, 6) is 1.25. The average molecular weight is 442 g/mol. The number of rotatable bonds is 22. The summed E-state index contributed by atoms with van der Waals surface area (Å²) in [5.41, 5.74) is 0. The minimum atomic E-state index is -0.164. The Morgan fingerprint density at radius 3 is 1.32 bits per heavy atom. The van der Waals surface area contributed by atoms with Gasteiger partial charge in [0.2, 0.25) is 0 Å². The van der Waals surface area contributed by atoms with E-state index in [0.29, 0.717) is 39.1 Å². The lowest BCUT2D eigenvalue weighted by molar-refractivity contribution is -0.144. The fourth-order valence-corrected chi connectivity index (χ4v) is 3.39. The number of hydrogen-bond donors (Lipinski definition) is 1. The van der Waals surface area contributed by atoms with Crippen molar-refractivity contribution in [2.45, 2.75) is 118 Å². The molecule has 0 aromatic rings. The van der Waals surface area contributed by atoms with Crippen LogP contribution in [0, 0.1) is 11.8 Å². The predicted molar refractivity (Wildman–Crippen MR) is 129 cm³/mol. The van der Waals surface area contributed by atoms with Crippen LogP contribution in [0.2, 0.25) is 0 Å². The lowest BCUT2D eigenvalue weighted by atomic mass is 10.0. The highest BCUT2D eigenvalue weighted by Gasteiger charge is 2.05. The molecule has 0 atom stereocenters. The van der Waals surface area contributed by atoms with Crippen molar-refractivity contribution in [2.24, 2.45) is 11.8 Å². The van der Waals surface area contributed by atoms with Crippen molar-refractivity contribution in [2.75, 3.05) is 26.3 Å². The fourth-order valence-electron chi connectivity index (χ4n) is 3.39. The molecule has 0 rings (SSSR count). The average Bonchev–Trinajstić information content (AvgIpc) is 2.71. The van der Waals surface area contributed by atoms with Gasteiger partial charge in [-0.05, 0) is 24.7 Å². The molecule has 0 spiro atoms. The molecule has 5 nitrogen and oxygen atoms in total. The Morgan fingerprint density at radius 2 is 0.935 bits per heavy atom. The minimum Gasteiger partial charge on any atom is -0.466 e. The van der Waals surface area contributed by atoms with Crippen LogP contribution in [0.15, 0.2) is 0 Å². The minimum absolute atomic E-state index is 0.164. The molecule has 0 unspecified atom stereocenters. The number of carbonyl (C=O) groups is 2. The highest BCUT2D eigenvalue weighted by atomic mass is 16.5. The monoisotopic (exact) mass is 441 g/mol. The molecule has 0 aromatic heterocycles. The zero-order valence-corrected chi connectivity index (χ0v) is 21.0. The predicted octanol–water partition coefficient (Wildman–Crippen LogP) is 6.44.